The molecule has 2 unspecified atom stereocenters. The number of aliphatic hydroxyl groups is 1. The van der Waals surface area contributed by atoms with Crippen LogP contribution in [0.4, 0.5) is 13.2 Å². The first kappa shape index (κ1) is 120. The Morgan fingerprint density at radius 2 is 0.885 bits per heavy atom. The number of benzene rings is 11. The number of hydroxylamine groups is 2. The van der Waals surface area contributed by atoms with Gasteiger partial charge in [-0.15, -0.1) is 0 Å². The average Bonchev–Trinajstić information content (AvgIpc) is 1.53. The van der Waals surface area contributed by atoms with Crippen LogP contribution in [0.1, 0.15) is 174 Å². The van der Waals surface area contributed by atoms with Gasteiger partial charge in [-0.05, 0) is 332 Å². The van der Waals surface area contributed by atoms with Gasteiger partial charge in [0.25, 0.3) is 5.72 Å². The molecule has 0 saturated heterocycles. The van der Waals surface area contributed by atoms with E-state index in [1.165, 1.54) is 74.8 Å². The van der Waals surface area contributed by atoms with Gasteiger partial charge in [-0.25, -0.2) is 33.3 Å². The maximum absolute atomic E-state index is 14.0. The fourth-order valence-corrected chi connectivity index (χ4v) is 21.9. The summed E-state index contributed by atoms with van der Waals surface area (Å²) in [5.74, 6) is 3.84. The summed E-state index contributed by atoms with van der Waals surface area (Å²) in [5.41, 5.74) is 21.1. The predicted octanol–water partition coefficient (Wildman–Crippen LogP) is 30.7. The van der Waals surface area contributed by atoms with Crippen LogP contribution in [0, 0.1) is 51.2 Å². The number of hydrogen-bond donors (Lipinski definition) is 2. The number of carbonyl (C=O) groups is 4. The first-order valence-electron chi connectivity index (χ1n) is 48.2. The number of rotatable bonds is 7. The van der Waals surface area contributed by atoms with Crippen LogP contribution in [0.5, 0.6) is 17.2 Å². The second-order valence-electron chi connectivity index (χ2n) is 39.6. The molecule has 11 aromatic rings. The normalized spacial score (nSPS) is 17.4. The van der Waals surface area contributed by atoms with Crippen LogP contribution in [0.3, 0.4) is 0 Å². The Morgan fingerprint density at radius 3 is 1.28 bits per heavy atom. The Bertz CT molecular complexity index is 6790. The molecule has 4 spiro atoms. The molecule has 0 bridgehead atoms. The Hall–Kier alpha value is -8.57. The van der Waals surface area contributed by atoms with Crippen LogP contribution < -0.4 is 19.9 Å². The van der Waals surface area contributed by atoms with E-state index >= 15 is 0 Å². The number of ether oxygens (including phenoxy) is 3. The van der Waals surface area contributed by atoms with Crippen LogP contribution in [-0.2, 0) is 96.3 Å². The van der Waals surface area contributed by atoms with Gasteiger partial charge in [0.1, 0.15) is 51.8 Å². The van der Waals surface area contributed by atoms with E-state index in [1.54, 1.807) is 36.4 Å². The minimum atomic E-state index is -3.11. The van der Waals surface area contributed by atoms with Gasteiger partial charge >= 0.3 is 49.6 Å². The fraction of sp³-hybridized carbons (Fsp3) is 0.319. The van der Waals surface area contributed by atoms with Gasteiger partial charge < -0.3 is 29.5 Å². The second kappa shape index (κ2) is 53.3. The number of nitriles is 3. The molecule has 0 fully saturated rings. The van der Waals surface area contributed by atoms with Crippen LogP contribution in [0.25, 0.3) is 0 Å². The minimum absolute atomic E-state index is 0.0529. The first-order valence-corrected chi connectivity index (χ1v) is 71.9. The van der Waals surface area contributed by atoms with Crippen molar-refractivity contribution in [2.75, 3.05) is 7.05 Å². The van der Waals surface area contributed by atoms with Gasteiger partial charge in [0, 0.05) is 63.5 Å². The third-order valence-corrected chi connectivity index (χ3v) is 31.1. The van der Waals surface area contributed by atoms with Crippen LogP contribution in [-0.4, -0.2) is 105 Å². The zero-order chi connectivity index (χ0) is 108. The van der Waals surface area contributed by atoms with Crippen LogP contribution in [0.15, 0.2) is 279 Å². The Balaban J connectivity index is 0.000000162. The van der Waals surface area contributed by atoms with Gasteiger partial charge in [0.05, 0.1) is 28.3 Å². The molecule has 35 heteroatoms. The molecule has 20 rings (SSSR count). The SMILES string of the molecule is C=C=N[Si](C)(C)C.CN1OC2(N=C1N)c1cc(Br)ccc1OC21CCc2ccccc2CC1.C[Si](C)(C)C#N.C[Si](C)(C)OC(C#N)c1cc(Br)ccc1F.N#CN=C1c2cc(Br)ccc2OC12CCc1ccccc1CC2.O=C(c1cc(Br)ccc1F)C1(O)CCc2ccccc2CC1.O=C1CCc2ccccc2CC1.O=C1c2cc(Br)ccc2OC12CCc1ccccc1CC2.O=Cc1cc(Br)ccc1F.[Cl][Ti]([Cl])([Cl])[Cl]. The van der Waals surface area contributed by atoms with Crippen molar-refractivity contribution in [2.45, 2.75) is 222 Å². The van der Waals surface area contributed by atoms with Gasteiger partial charge in [-0.3, -0.25) is 23.8 Å². The monoisotopic (exact) mass is 2550 g/mol. The Morgan fingerprint density at radius 1 is 0.514 bits per heavy atom. The number of fused-ring (bicyclic) bond motifs is 10. The molecule has 3 N–H and O–H groups in total. The van der Waals surface area contributed by atoms with E-state index in [0.29, 0.717) is 58.2 Å². The third-order valence-electron chi connectivity index (χ3n) is 25.7. The van der Waals surface area contributed by atoms with Gasteiger partial charge in [-0.1, -0.05) is 237 Å². The molecule has 2 atom stereocenters. The summed E-state index contributed by atoms with van der Waals surface area (Å²) >= 11 is 17.0. The molecule has 11 aromatic carbocycles. The molecule has 4 heterocycles. The zero-order valence-corrected chi connectivity index (χ0v) is 101. The van der Waals surface area contributed by atoms with Crippen molar-refractivity contribution in [1.82, 2.24) is 5.06 Å². The standard InChI is InChI=1S/C20H20BrN3O2.C19H15BrN2O.C18H16BrFO2.C18H15BrO2.C11H13BrFNOSi.C11H12O.C7H4BrFO.C5H11NSi.C4H9NSi.4ClH.Ti/c1-24-18(22)23-20(26-24)16-12-15(21)6-7-17(16)25-19(20)10-8-13-4-2-3-5-14(13)9-11-19;20-15-5-6-17-16(11-15)18(22-12-21)19(23-17)9-7-13-3-1-2-4-14(13)8-10-19;19-14-5-6-16(20)15(11-14)17(21)18(22)9-7-12-3-1-2-4-13(12)8-10-18;19-14-5-6-16-15(11-14)17(20)18(21-16)9-7-12-3-1-2-4-13(12)8-10-18;1-16(2,3)15-11(7-14)9-6-8(12)4-5-10(9)13;12-11-7-5-9-3-1-2-4-10(9)6-8-11;8-6-1-2-7(9)5(3-6)4-10;1-5-6-7(2,3)4;1-6(2,3)4-5;;;;;/h2-7,12H,8-11H2,1H3,(H2,22,23);1-6,11H,7-10H2;1-6,11,22H,7-10H2;1-6,11H,7-10H2;4-6,11H,1-3H3;1-4H,5-8H2;1-4H;1H2,2-4H3;1-3H3;4*1H;/q;;;;;;;;;;;;;+4/p-4. The van der Waals surface area contributed by atoms with E-state index in [-0.39, 0.29) is 16.9 Å². The van der Waals surface area contributed by atoms with E-state index in [9.17, 15) is 42.7 Å². The molecule has 0 saturated carbocycles. The van der Waals surface area contributed by atoms with Crippen molar-refractivity contribution >= 4 is 199 Å². The van der Waals surface area contributed by atoms with E-state index in [1.807, 2.05) is 130 Å². The zero-order valence-electron chi connectivity index (χ0n) is 83.7. The molecule has 148 heavy (non-hydrogen) atoms. The number of nitrogens with zero attached hydrogens (tertiary/aromatic N) is 7. The number of carbonyl (C=O) groups excluding carboxylic acids is 4. The van der Waals surface area contributed by atoms with Crippen LogP contribution in [0.2, 0.25) is 58.9 Å². The summed E-state index contributed by atoms with van der Waals surface area (Å²) in [6, 6.07) is 74.5. The summed E-state index contributed by atoms with van der Waals surface area (Å²) in [7, 11) is 17.4. The Kier molecular flexibility index (Phi) is 43.1. The summed E-state index contributed by atoms with van der Waals surface area (Å²) in [6.07, 6.45) is 17.2. The predicted molar refractivity (Wildman–Crippen MR) is 610 cm³/mol. The van der Waals surface area contributed by atoms with Crippen molar-refractivity contribution in [3.63, 3.8) is 0 Å². The summed E-state index contributed by atoms with van der Waals surface area (Å²) in [5, 5.41) is 38.8. The number of aryl methyl sites for hydroxylation is 10. The van der Waals surface area contributed by atoms with Gasteiger partial charge in [-0.2, -0.15) is 15.5 Å². The van der Waals surface area contributed by atoms with Crippen molar-refractivity contribution < 1.29 is 73.3 Å². The summed E-state index contributed by atoms with van der Waals surface area (Å²) in [6.45, 7) is 21.8. The van der Waals surface area contributed by atoms with Crippen molar-refractivity contribution in [2.24, 2.45) is 20.4 Å². The molecule has 0 amide bonds. The number of guanidine groups is 1. The van der Waals surface area contributed by atoms with Gasteiger partial charge in [0.2, 0.25) is 17.9 Å². The third kappa shape index (κ3) is 32.8. The quantitative estimate of drug-likeness (QED) is 0.0375. The molecule has 0 radical (unpaired) electrons. The molecule has 9 aliphatic rings. The maximum atomic E-state index is 14.0. The van der Waals surface area contributed by atoms with Gasteiger partial charge in [0.15, 0.2) is 59.6 Å². The number of ketones is 3. The van der Waals surface area contributed by atoms with Crippen molar-refractivity contribution in [3.05, 3.63) is 370 Å². The number of halogens is 13. The first-order chi connectivity index (χ1) is 70.0. The molecule has 774 valence electrons. The van der Waals surface area contributed by atoms with Crippen molar-refractivity contribution in [1.29, 1.82) is 15.8 Å². The average molecular weight is 2560 g/mol. The second-order valence-corrected chi connectivity index (χ2v) is 74.3. The Labute approximate surface area is 937 Å². The molecule has 0 aromatic heterocycles. The number of aliphatic imine (C=N–C) groups is 2. The fourth-order valence-electron chi connectivity index (χ4n) is 18.4. The summed E-state index contributed by atoms with van der Waals surface area (Å²) in [4.78, 5) is 62.1. The molecule has 18 nitrogen and oxygen atoms in total. The van der Waals surface area contributed by atoms with E-state index in [2.05, 4.69) is 240 Å². The number of aldehydes is 1. The van der Waals surface area contributed by atoms with Crippen molar-refractivity contribution in [3.8, 4) is 35.2 Å². The molecular weight excluding hydrogens is 2440 g/mol. The van der Waals surface area contributed by atoms with E-state index < -0.39 is 94.4 Å². The number of hydrogen-bond acceptors (Lipinski definition) is 18. The molecule has 5 aliphatic carbocycles. The van der Waals surface area contributed by atoms with E-state index in [0.717, 1.165) is 171 Å². The van der Waals surface area contributed by atoms with Crippen LogP contribution >= 0.6 is 133 Å². The summed E-state index contributed by atoms with van der Waals surface area (Å²) < 4.78 is 73.7. The topological polar surface area (TPSA) is 272 Å². The number of Topliss-reactive ketones (excluding diaryl/α,β-unsaturated/α-hetero) is 3. The number of nitrogens with two attached hydrogens (primary N) is 1. The van der Waals surface area contributed by atoms with E-state index in [4.69, 9.17) is 81.9 Å². The molecular formula is C113H115Br6Cl4F3N8O10Si3Ti. The molecule has 4 aliphatic heterocycles.